The zero-order valence-electron chi connectivity index (χ0n) is 16.1. The Bertz CT molecular complexity index is 889. The van der Waals surface area contributed by atoms with E-state index in [4.69, 9.17) is 16.3 Å². The van der Waals surface area contributed by atoms with Gasteiger partial charge in [-0.1, -0.05) is 11.6 Å². The summed E-state index contributed by atoms with van der Waals surface area (Å²) in [5.41, 5.74) is 0.964. The highest BCUT2D eigenvalue weighted by molar-refractivity contribution is 8.01. The summed E-state index contributed by atoms with van der Waals surface area (Å²) in [6.45, 7) is 6.21. The third kappa shape index (κ3) is 4.60. The van der Waals surface area contributed by atoms with E-state index in [9.17, 15) is 0 Å². The van der Waals surface area contributed by atoms with E-state index in [0.29, 0.717) is 16.8 Å². The standard InChI is InChI=1S/C18H22ClN7OS/c1-11(2)26-17(13-5-7-20-8-6-13)23-24-18(26)25-28-12(3)15(27-4)16-21-9-14(19)10-22-16/h5-12,15H,1-4H3,(H,24,25). The van der Waals surface area contributed by atoms with Crippen LogP contribution in [0.2, 0.25) is 5.02 Å². The zero-order valence-corrected chi connectivity index (χ0v) is 17.6. The van der Waals surface area contributed by atoms with Crippen LogP contribution in [0.4, 0.5) is 5.95 Å². The molecule has 3 heterocycles. The van der Waals surface area contributed by atoms with Crippen LogP contribution in [0.15, 0.2) is 36.9 Å². The number of hydrogen-bond acceptors (Lipinski definition) is 8. The summed E-state index contributed by atoms with van der Waals surface area (Å²) in [4.78, 5) is 12.6. The third-order valence-corrected chi connectivity index (χ3v) is 5.18. The minimum absolute atomic E-state index is 0.00728. The van der Waals surface area contributed by atoms with Gasteiger partial charge in [-0.15, -0.1) is 10.2 Å². The molecule has 2 atom stereocenters. The van der Waals surface area contributed by atoms with Gasteiger partial charge in [0, 0.05) is 43.5 Å². The number of rotatable bonds is 8. The summed E-state index contributed by atoms with van der Waals surface area (Å²) in [5.74, 6) is 2.04. The molecule has 2 unspecified atom stereocenters. The molecule has 3 rings (SSSR count). The first-order valence-electron chi connectivity index (χ1n) is 8.78. The number of halogens is 1. The molecule has 0 aromatic carbocycles. The normalized spacial score (nSPS) is 13.5. The van der Waals surface area contributed by atoms with Crippen molar-refractivity contribution in [2.45, 2.75) is 38.2 Å². The molecule has 0 aliphatic carbocycles. The lowest BCUT2D eigenvalue weighted by atomic mass is 10.2. The maximum Gasteiger partial charge on any atom is 0.235 e. The van der Waals surface area contributed by atoms with Gasteiger partial charge in [0.15, 0.2) is 11.6 Å². The number of hydrogen-bond donors (Lipinski definition) is 1. The number of methoxy groups -OCH3 is 1. The Kier molecular flexibility index (Phi) is 6.82. The second-order valence-electron chi connectivity index (χ2n) is 6.39. The third-order valence-electron chi connectivity index (χ3n) is 4.06. The van der Waals surface area contributed by atoms with Crippen molar-refractivity contribution in [3.05, 3.63) is 47.8 Å². The predicted molar refractivity (Wildman–Crippen MR) is 111 cm³/mol. The lowest BCUT2D eigenvalue weighted by Crippen LogP contribution is -2.19. The smallest absolute Gasteiger partial charge is 0.235 e. The number of pyridine rings is 1. The van der Waals surface area contributed by atoms with E-state index in [0.717, 1.165) is 11.4 Å². The maximum atomic E-state index is 5.87. The highest BCUT2D eigenvalue weighted by Crippen LogP contribution is 2.30. The van der Waals surface area contributed by atoms with Gasteiger partial charge >= 0.3 is 0 Å². The number of anilines is 1. The lowest BCUT2D eigenvalue weighted by Gasteiger charge is -2.21. The first-order valence-corrected chi connectivity index (χ1v) is 10.0. The molecule has 0 fully saturated rings. The summed E-state index contributed by atoms with van der Waals surface area (Å²) in [6, 6.07) is 4.01. The Morgan fingerprint density at radius 3 is 2.39 bits per heavy atom. The summed E-state index contributed by atoms with van der Waals surface area (Å²) >= 11 is 7.35. The molecular weight excluding hydrogens is 398 g/mol. The molecule has 3 aromatic heterocycles. The predicted octanol–water partition coefficient (Wildman–Crippen LogP) is 4.20. The van der Waals surface area contributed by atoms with Crippen LogP contribution in [0, 0.1) is 0 Å². The van der Waals surface area contributed by atoms with Gasteiger partial charge in [0.25, 0.3) is 0 Å². The van der Waals surface area contributed by atoms with Crippen molar-refractivity contribution in [1.29, 1.82) is 0 Å². The molecule has 0 radical (unpaired) electrons. The van der Waals surface area contributed by atoms with Crippen LogP contribution in [0.5, 0.6) is 0 Å². The largest absolute Gasteiger partial charge is 0.372 e. The Morgan fingerprint density at radius 1 is 1.11 bits per heavy atom. The fourth-order valence-corrected chi connectivity index (χ4v) is 3.62. The van der Waals surface area contributed by atoms with Crippen molar-refractivity contribution in [3.8, 4) is 11.4 Å². The van der Waals surface area contributed by atoms with Gasteiger partial charge in [-0.2, -0.15) is 0 Å². The van der Waals surface area contributed by atoms with Crippen LogP contribution in [-0.4, -0.2) is 42.1 Å². The summed E-state index contributed by atoms with van der Waals surface area (Å²) in [6.07, 6.45) is 6.32. The molecule has 148 valence electrons. The fourth-order valence-electron chi connectivity index (χ4n) is 2.73. The van der Waals surface area contributed by atoms with Gasteiger partial charge in [0.2, 0.25) is 5.95 Å². The molecular formula is C18H22ClN7OS. The first kappa shape index (κ1) is 20.5. The van der Waals surface area contributed by atoms with Crippen molar-refractivity contribution < 1.29 is 4.74 Å². The van der Waals surface area contributed by atoms with Crippen LogP contribution in [0.1, 0.15) is 38.7 Å². The summed E-state index contributed by atoms with van der Waals surface area (Å²) in [7, 11) is 1.64. The molecule has 0 saturated heterocycles. The number of ether oxygens (including phenoxy) is 1. The molecule has 0 amide bonds. The van der Waals surface area contributed by atoms with E-state index in [2.05, 4.69) is 48.3 Å². The van der Waals surface area contributed by atoms with Crippen molar-refractivity contribution in [2.75, 3.05) is 11.8 Å². The maximum absolute atomic E-state index is 5.87. The molecule has 0 aliphatic rings. The van der Waals surface area contributed by atoms with Gasteiger partial charge in [-0.25, -0.2) is 9.97 Å². The second kappa shape index (κ2) is 9.31. The minimum atomic E-state index is -0.301. The van der Waals surface area contributed by atoms with Gasteiger partial charge < -0.3 is 4.74 Å². The first-order chi connectivity index (χ1) is 13.5. The highest BCUT2D eigenvalue weighted by atomic mass is 35.5. The molecule has 3 aromatic rings. The number of aromatic nitrogens is 6. The van der Waals surface area contributed by atoms with E-state index in [1.54, 1.807) is 31.9 Å². The van der Waals surface area contributed by atoms with Crippen molar-refractivity contribution in [1.82, 2.24) is 29.7 Å². The molecule has 0 aliphatic heterocycles. The Labute approximate surface area is 173 Å². The Morgan fingerprint density at radius 2 is 1.79 bits per heavy atom. The Balaban J connectivity index is 1.76. The fraction of sp³-hybridized carbons (Fsp3) is 0.389. The van der Waals surface area contributed by atoms with Crippen LogP contribution in [0.3, 0.4) is 0 Å². The summed E-state index contributed by atoms with van der Waals surface area (Å²) < 4.78 is 11.0. The lowest BCUT2D eigenvalue weighted by molar-refractivity contribution is 0.0972. The van der Waals surface area contributed by atoms with Crippen molar-refractivity contribution >= 4 is 29.5 Å². The van der Waals surface area contributed by atoms with Crippen LogP contribution >= 0.6 is 23.5 Å². The average Bonchev–Trinajstić information content (AvgIpc) is 3.13. The SMILES string of the molecule is COC(c1ncc(Cl)cn1)C(C)SNc1nnc(-c2ccncc2)n1C(C)C. The number of nitrogens with zero attached hydrogens (tertiary/aromatic N) is 6. The van der Waals surface area contributed by atoms with Gasteiger partial charge in [-0.3, -0.25) is 14.3 Å². The van der Waals surface area contributed by atoms with Crippen LogP contribution in [-0.2, 0) is 4.74 Å². The summed E-state index contributed by atoms with van der Waals surface area (Å²) in [5, 5.41) is 9.18. The molecule has 0 saturated carbocycles. The highest BCUT2D eigenvalue weighted by Gasteiger charge is 2.24. The molecule has 10 heteroatoms. The van der Waals surface area contributed by atoms with Crippen molar-refractivity contribution in [3.63, 3.8) is 0 Å². The van der Waals surface area contributed by atoms with Gasteiger partial charge in [-0.05, 0) is 44.9 Å². The van der Waals surface area contributed by atoms with Crippen LogP contribution < -0.4 is 4.72 Å². The number of nitrogens with one attached hydrogen (secondary N) is 1. The van der Waals surface area contributed by atoms with Crippen LogP contribution in [0.25, 0.3) is 11.4 Å². The van der Waals surface area contributed by atoms with E-state index in [1.807, 2.05) is 19.1 Å². The monoisotopic (exact) mass is 419 g/mol. The van der Waals surface area contributed by atoms with E-state index >= 15 is 0 Å². The van der Waals surface area contributed by atoms with Gasteiger partial charge in [0.05, 0.1) is 10.3 Å². The molecule has 28 heavy (non-hydrogen) atoms. The van der Waals surface area contributed by atoms with E-state index in [1.165, 1.54) is 11.9 Å². The van der Waals surface area contributed by atoms with E-state index in [-0.39, 0.29) is 17.4 Å². The second-order valence-corrected chi connectivity index (χ2v) is 8.01. The quantitative estimate of drug-likeness (QED) is 0.543. The van der Waals surface area contributed by atoms with Gasteiger partial charge in [0.1, 0.15) is 6.10 Å². The average molecular weight is 420 g/mol. The molecule has 1 N–H and O–H groups in total. The van der Waals surface area contributed by atoms with E-state index < -0.39 is 0 Å². The topological polar surface area (TPSA) is 90.6 Å². The Hall–Kier alpha value is -2.23. The van der Waals surface area contributed by atoms with Crippen molar-refractivity contribution in [2.24, 2.45) is 0 Å². The minimum Gasteiger partial charge on any atom is -0.372 e. The molecule has 0 spiro atoms. The molecule has 0 bridgehead atoms. The zero-order chi connectivity index (χ0) is 20.1. The molecule has 8 nitrogen and oxygen atoms in total.